The Morgan fingerprint density at radius 2 is 2.41 bits per heavy atom. The van der Waals surface area contributed by atoms with Crippen molar-refractivity contribution < 1.29 is 4.79 Å². The molecule has 1 aliphatic rings. The van der Waals surface area contributed by atoms with Crippen molar-refractivity contribution in [1.29, 1.82) is 0 Å². The van der Waals surface area contributed by atoms with Gasteiger partial charge in [0.15, 0.2) is 0 Å². The molecule has 6 heteroatoms. The highest BCUT2D eigenvalue weighted by Crippen LogP contribution is 2.26. The Morgan fingerprint density at radius 3 is 3.06 bits per heavy atom. The van der Waals surface area contributed by atoms with Crippen LogP contribution in [0.1, 0.15) is 17.3 Å². The number of carbonyl (C=O) groups excluding carboxylic acids is 1. The zero-order valence-electron chi connectivity index (χ0n) is 9.72. The van der Waals surface area contributed by atoms with Gasteiger partial charge in [0, 0.05) is 24.1 Å². The molecule has 1 aliphatic heterocycles. The highest BCUT2D eigenvalue weighted by atomic mass is 32.2. The average molecular weight is 252 g/mol. The van der Waals surface area contributed by atoms with Gasteiger partial charge in [0.05, 0.1) is 17.4 Å². The number of nitrogen functional groups attached to an aromatic ring is 1. The van der Waals surface area contributed by atoms with Crippen molar-refractivity contribution in [3.05, 3.63) is 17.8 Å². The Bertz CT molecular complexity index is 437. The van der Waals surface area contributed by atoms with Crippen LogP contribution >= 0.6 is 11.8 Å². The number of aromatic nitrogens is 1. The first kappa shape index (κ1) is 12.0. The van der Waals surface area contributed by atoms with Gasteiger partial charge in [0.2, 0.25) is 0 Å². The summed E-state index contributed by atoms with van der Waals surface area (Å²) in [7, 11) is 0. The molecule has 0 aliphatic carbocycles. The van der Waals surface area contributed by atoms with Gasteiger partial charge in [-0.05, 0) is 13.0 Å². The second-order valence-electron chi connectivity index (χ2n) is 4.12. The van der Waals surface area contributed by atoms with Crippen LogP contribution in [0, 0.1) is 0 Å². The number of carbonyl (C=O) groups is 1. The first-order chi connectivity index (χ1) is 8.09. The Kier molecular flexibility index (Phi) is 3.42. The summed E-state index contributed by atoms with van der Waals surface area (Å²) in [6, 6.07) is 1.95. The number of anilines is 2. The maximum Gasteiger partial charge on any atom is 0.252 e. The van der Waals surface area contributed by atoms with Crippen LogP contribution in [-0.4, -0.2) is 35.0 Å². The molecule has 1 saturated heterocycles. The van der Waals surface area contributed by atoms with Crippen molar-refractivity contribution in [2.45, 2.75) is 13.0 Å². The summed E-state index contributed by atoms with van der Waals surface area (Å²) in [5, 5.41) is 0. The molecule has 0 saturated carbocycles. The van der Waals surface area contributed by atoms with Crippen LogP contribution in [0.2, 0.25) is 0 Å². The molecule has 0 aromatic carbocycles. The molecule has 1 fully saturated rings. The van der Waals surface area contributed by atoms with Gasteiger partial charge in [-0.3, -0.25) is 4.79 Å². The van der Waals surface area contributed by atoms with E-state index in [-0.39, 0.29) is 0 Å². The van der Waals surface area contributed by atoms with Gasteiger partial charge in [0.1, 0.15) is 5.82 Å². The summed E-state index contributed by atoms with van der Waals surface area (Å²) in [6.45, 7) is 3.00. The molecule has 2 rings (SSSR count). The predicted molar refractivity (Wildman–Crippen MR) is 71.3 cm³/mol. The van der Waals surface area contributed by atoms with E-state index >= 15 is 0 Å². The molecule has 92 valence electrons. The van der Waals surface area contributed by atoms with Crippen LogP contribution in [0.5, 0.6) is 0 Å². The minimum atomic E-state index is -0.481. The summed E-state index contributed by atoms with van der Waals surface area (Å²) in [5.74, 6) is 2.24. The summed E-state index contributed by atoms with van der Waals surface area (Å²) in [4.78, 5) is 17.8. The third-order valence-corrected chi connectivity index (χ3v) is 3.98. The third kappa shape index (κ3) is 2.46. The van der Waals surface area contributed by atoms with Crippen molar-refractivity contribution in [2.24, 2.45) is 5.73 Å². The van der Waals surface area contributed by atoms with E-state index in [9.17, 15) is 4.79 Å². The maximum atomic E-state index is 11.4. The third-order valence-electron chi connectivity index (χ3n) is 2.79. The highest BCUT2D eigenvalue weighted by Gasteiger charge is 2.24. The molecule has 4 N–H and O–H groups in total. The van der Waals surface area contributed by atoms with E-state index in [4.69, 9.17) is 11.5 Å². The van der Waals surface area contributed by atoms with E-state index in [1.165, 1.54) is 0 Å². The van der Waals surface area contributed by atoms with Crippen LogP contribution in [0.15, 0.2) is 12.3 Å². The zero-order chi connectivity index (χ0) is 12.4. The number of rotatable bonds is 2. The number of thioether (sulfide) groups is 1. The van der Waals surface area contributed by atoms with Crippen molar-refractivity contribution in [1.82, 2.24) is 4.98 Å². The molecule has 0 bridgehead atoms. The normalized spacial score (nSPS) is 20.3. The number of primary amides is 1. The second kappa shape index (κ2) is 4.83. The lowest BCUT2D eigenvalue weighted by atomic mass is 10.2. The molecule has 1 aromatic rings. The molecule has 5 nitrogen and oxygen atoms in total. The zero-order valence-corrected chi connectivity index (χ0v) is 10.5. The molecule has 1 unspecified atom stereocenters. The van der Waals surface area contributed by atoms with E-state index in [0.29, 0.717) is 23.1 Å². The summed E-state index contributed by atoms with van der Waals surface area (Å²) in [5.41, 5.74) is 11.9. The van der Waals surface area contributed by atoms with Gasteiger partial charge in [-0.25, -0.2) is 4.98 Å². The van der Waals surface area contributed by atoms with Crippen molar-refractivity contribution >= 4 is 29.2 Å². The topological polar surface area (TPSA) is 85.2 Å². The molecule has 0 radical (unpaired) electrons. The number of hydrogen-bond acceptors (Lipinski definition) is 5. The van der Waals surface area contributed by atoms with Gasteiger partial charge in [-0.2, -0.15) is 11.8 Å². The first-order valence-electron chi connectivity index (χ1n) is 5.49. The lowest BCUT2D eigenvalue weighted by Gasteiger charge is -2.34. The van der Waals surface area contributed by atoms with Crippen LogP contribution in [0.4, 0.5) is 11.5 Å². The van der Waals surface area contributed by atoms with Crippen LogP contribution in [0.3, 0.4) is 0 Å². The highest BCUT2D eigenvalue weighted by molar-refractivity contribution is 7.99. The Balaban J connectivity index is 2.39. The molecule has 1 amide bonds. The molecule has 1 aromatic heterocycles. The second-order valence-corrected chi connectivity index (χ2v) is 5.27. The van der Waals surface area contributed by atoms with Crippen LogP contribution in [0.25, 0.3) is 0 Å². The fourth-order valence-corrected chi connectivity index (χ4v) is 2.94. The van der Waals surface area contributed by atoms with Gasteiger partial charge in [-0.15, -0.1) is 0 Å². The van der Waals surface area contributed by atoms with Gasteiger partial charge in [-0.1, -0.05) is 0 Å². The molecule has 2 heterocycles. The monoisotopic (exact) mass is 252 g/mol. The first-order valence-corrected chi connectivity index (χ1v) is 6.64. The SMILES string of the molecule is CC1CSCCN1c1ncc(N)cc1C(N)=O. The van der Waals surface area contributed by atoms with E-state index < -0.39 is 5.91 Å². The molecule has 0 spiro atoms. The van der Waals surface area contributed by atoms with Gasteiger partial charge in [0.25, 0.3) is 5.91 Å². The maximum absolute atomic E-state index is 11.4. The minimum absolute atomic E-state index is 0.350. The van der Waals surface area contributed by atoms with Crippen molar-refractivity contribution in [2.75, 3.05) is 28.7 Å². The largest absolute Gasteiger partial charge is 0.397 e. The van der Waals surface area contributed by atoms with Gasteiger partial charge >= 0.3 is 0 Å². The summed E-state index contributed by atoms with van der Waals surface area (Å²) in [6.07, 6.45) is 1.57. The van der Waals surface area contributed by atoms with E-state index in [1.54, 1.807) is 12.3 Å². The Hall–Kier alpha value is -1.43. The molecule has 17 heavy (non-hydrogen) atoms. The lowest BCUT2D eigenvalue weighted by molar-refractivity contribution is 0.100. The number of nitrogens with zero attached hydrogens (tertiary/aromatic N) is 2. The predicted octanol–water partition coefficient (Wildman–Crippen LogP) is 0.704. The van der Waals surface area contributed by atoms with Crippen molar-refractivity contribution in [3.8, 4) is 0 Å². The number of pyridine rings is 1. The van der Waals surface area contributed by atoms with Crippen LogP contribution in [-0.2, 0) is 0 Å². The van der Waals surface area contributed by atoms with E-state index in [1.807, 2.05) is 11.8 Å². The fourth-order valence-electron chi connectivity index (χ4n) is 1.93. The van der Waals surface area contributed by atoms with Crippen LogP contribution < -0.4 is 16.4 Å². The molecular formula is C11H16N4OS. The van der Waals surface area contributed by atoms with E-state index in [2.05, 4.69) is 16.8 Å². The average Bonchev–Trinajstić information content (AvgIpc) is 2.30. The quantitative estimate of drug-likeness (QED) is 0.809. The number of amides is 1. The molecule has 1 atom stereocenters. The van der Waals surface area contributed by atoms with E-state index in [0.717, 1.165) is 18.1 Å². The lowest BCUT2D eigenvalue weighted by Crippen LogP contribution is -2.42. The number of nitrogens with two attached hydrogens (primary N) is 2. The molecular weight excluding hydrogens is 236 g/mol. The summed E-state index contributed by atoms with van der Waals surface area (Å²) < 4.78 is 0. The standard InChI is InChI=1S/C11H16N4OS/c1-7-6-17-3-2-15(7)11-9(10(13)16)4-8(12)5-14-11/h4-5,7H,2-3,6,12H2,1H3,(H2,13,16). The van der Waals surface area contributed by atoms with Gasteiger partial charge < -0.3 is 16.4 Å². The Morgan fingerprint density at radius 1 is 1.65 bits per heavy atom. The fraction of sp³-hybridized carbons (Fsp3) is 0.455. The van der Waals surface area contributed by atoms with Crippen molar-refractivity contribution in [3.63, 3.8) is 0 Å². The smallest absolute Gasteiger partial charge is 0.252 e. The number of hydrogen-bond donors (Lipinski definition) is 2. The minimum Gasteiger partial charge on any atom is -0.397 e. The summed E-state index contributed by atoms with van der Waals surface area (Å²) >= 11 is 1.91. The Labute approximate surface area is 105 Å².